The van der Waals surface area contributed by atoms with Crippen LogP contribution in [0.2, 0.25) is 0 Å². The molecule has 2 fully saturated rings. The van der Waals surface area contributed by atoms with E-state index < -0.39 is 11.2 Å². The average molecular weight is 238 g/mol. The van der Waals surface area contributed by atoms with Crippen LogP contribution >= 0.6 is 0 Å². The normalized spacial score (nSPS) is 44.8. The van der Waals surface area contributed by atoms with Crippen molar-refractivity contribution in [1.29, 1.82) is 0 Å². The van der Waals surface area contributed by atoms with Gasteiger partial charge in [0.25, 0.3) is 0 Å². The number of fused-ring (bicyclic) bond motifs is 2. The Morgan fingerprint density at radius 1 is 1.24 bits per heavy atom. The van der Waals surface area contributed by atoms with Crippen molar-refractivity contribution in [2.24, 2.45) is 16.7 Å². The van der Waals surface area contributed by atoms with Crippen molar-refractivity contribution in [1.82, 2.24) is 0 Å². The van der Waals surface area contributed by atoms with Crippen LogP contribution in [-0.4, -0.2) is 21.4 Å². The Kier molecular flexibility index (Phi) is 2.59. The number of hydrogen-bond acceptors (Lipinski definition) is 2. The minimum absolute atomic E-state index is 0.0631. The molecule has 0 aromatic rings. The monoisotopic (exact) mass is 238 g/mol. The third-order valence-electron chi connectivity index (χ3n) is 5.72. The van der Waals surface area contributed by atoms with Crippen LogP contribution in [0.4, 0.5) is 0 Å². The molecule has 2 nitrogen and oxygen atoms in total. The molecule has 2 heteroatoms. The van der Waals surface area contributed by atoms with Crippen LogP contribution in [0, 0.1) is 16.7 Å². The van der Waals surface area contributed by atoms with E-state index in [0.29, 0.717) is 5.92 Å². The fraction of sp³-hybridized carbons (Fsp3) is 0.867. The molecule has 0 radical (unpaired) electrons. The Hall–Kier alpha value is -0.340. The Morgan fingerprint density at radius 2 is 1.82 bits per heavy atom. The van der Waals surface area contributed by atoms with Crippen LogP contribution in [0.5, 0.6) is 0 Å². The van der Waals surface area contributed by atoms with E-state index in [0.717, 1.165) is 12.8 Å². The molecule has 0 spiro atoms. The van der Waals surface area contributed by atoms with Crippen LogP contribution < -0.4 is 0 Å². The Balaban J connectivity index is 2.33. The number of hydrogen-bond donors (Lipinski definition) is 2. The van der Waals surface area contributed by atoms with Gasteiger partial charge in [0.1, 0.15) is 0 Å². The first-order valence-corrected chi connectivity index (χ1v) is 6.67. The fourth-order valence-corrected chi connectivity index (χ4v) is 3.92. The second kappa shape index (κ2) is 3.36. The van der Waals surface area contributed by atoms with E-state index in [4.69, 9.17) is 0 Å². The van der Waals surface area contributed by atoms with E-state index in [1.54, 1.807) is 19.9 Å². The quantitative estimate of drug-likeness (QED) is 0.726. The molecule has 0 aromatic carbocycles. The topological polar surface area (TPSA) is 40.5 Å². The summed E-state index contributed by atoms with van der Waals surface area (Å²) in [6.45, 7) is 10.2. The van der Waals surface area contributed by atoms with E-state index in [-0.39, 0.29) is 10.8 Å². The molecule has 2 aliphatic rings. The molecule has 0 saturated heterocycles. The predicted octanol–water partition coefficient (Wildman–Crippen LogP) is 2.89. The van der Waals surface area contributed by atoms with Gasteiger partial charge in [-0.15, -0.1) is 0 Å². The molecular formula is C15H26O2. The maximum atomic E-state index is 10.9. The lowest BCUT2D eigenvalue weighted by atomic mass is 9.64. The molecule has 3 atom stereocenters. The third kappa shape index (κ3) is 1.68. The largest absolute Gasteiger partial charge is 0.386 e. The SMILES string of the molecule is CC(C)(O)/C=C\[C@@]1(O)C[C@H]2CC[C@]1(C)C2(C)C. The number of aliphatic hydroxyl groups is 2. The van der Waals surface area contributed by atoms with Gasteiger partial charge in [-0.2, -0.15) is 0 Å². The van der Waals surface area contributed by atoms with Crippen LogP contribution in [0.15, 0.2) is 12.2 Å². The minimum Gasteiger partial charge on any atom is -0.386 e. The molecule has 0 heterocycles. The zero-order valence-corrected chi connectivity index (χ0v) is 11.7. The van der Waals surface area contributed by atoms with Crippen molar-refractivity contribution in [3.05, 3.63) is 12.2 Å². The second-order valence-corrected chi connectivity index (χ2v) is 7.40. The van der Waals surface area contributed by atoms with Gasteiger partial charge in [-0.3, -0.25) is 0 Å². The maximum Gasteiger partial charge on any atom is 0.0890 e. The first-order valence-electron chi connectivity index (χ1n) is 6.67. The lowest BCUT2D eigenvalue weighted by Crippen LogP contribution is -2.46. The van der Waals surface area contributed by atoms with Crippen molar-refractivity contribution in [2.45, 2.75) is 65.1 Å². The summed E-state index contributed by atoms with van der Waals surface area (Å²) in [7, 11) is 0. The van der Waals surface area contributed by atoms with Gasteiger partial charge in [-0.25, -0.2) is 0 Å². The van der Waals surface area contributed by atoms with Crippen molar-refractivity contribution in [3.63, 3.8) is 0 Å². The molecule has 2 saturated carbocycles. The molecule has 2 bridgehead atoms. The molecule has 0 unspecified atom stereocenters. The van der Waals surface area contributed by atoms with Crippen LogP contribution in [0.3, 0.4) is 0 Å². The number of rotatable bonds is 2. The van der Waals surface area contributed by atoms with E-state index in [1.165, 1.54) is 6.42 Å². The van der Waals surface area contributed by atoms with E-state index in [1.807, 2.05) is 6.08 Å². The van der Waals surface area contributed by atoms with Crippen LogP contribution in [-0.2, 0) is 0 Å². The lowest BCUT2D eigenvalue weighted by molar-refractivity contribution is -0.0521. The zero-order valence-electron chi connectivity index (χ0n) is 11.7. The van der Waals surface area contributed by atoms with Crippen molar-refractivity contribution in [3.8, 4) is 0 Å². The first-order chi connectivity index (χ1) is 7.52. The summed E-state index contributed by atoms with van der Waals surface area (Å²) in [5.41, 5.74) is -1.48. The summed E-state index contributed by atoms with van der Waals surface area (Å²) in [5.74, 6) is 0.601. The smallest absolute Gasteiger partial charge is 0.0890 e. The molecule has 2 rings (SSSR count). The molecular weight excluding hydrogens is 212 g/mol. The van der Waals surface area contributed by atoms with Gasteiger partial charge in [-0.05, 0) is 44.4 Å². The summed E-state index contributed by atoms with van der Waals surface area (Å²) in [6, 6.07) is 0. The van der Waals surface area contributed by atoms with Gasteiger partial charge in [0, 0.05) is 5.41 Å². The van der Waals surface area contributed by atoms with Gasteiger partial charge in [-0.1, -0.05) is 32.9 Å². The predicted molar refractivity (Wildman–Crippen MR) is 69.6 cm³/mol. The maximum absolute atomic E-state index is 10.9. The van der Waals surface area contributed by atoms with E-state index in [9.17, 15) is 10.2 Å². The lowest BCUT2D eigenvalue weighted by Gasteiger charge is -2.44. The first kappa shape index (κ1) is 13.1. The highest BCUT2D eigenvalue weighted by Crippen LogP contribution is 2.69. The highest BCUT2D eigenvalue weighted by atomic mass is 16.3. The van der Waals surface area contributed by atoms with Crippen molar-refractivity contribution in [2.75, 3.05) is 0 Å². The highest BCUT2D eigenvalue weighted by molar-refractivity contribution is 5.25. The molecule has 0 aliphatic heterocycles. The van der Waals surface area contributed by atoms with Gasteiger partial charge in [0.15, 0.2) is 0 Å². The van der Waals surface area contributed by atoms with Crippen LogP contribution in [0.25, 0.3) is 0 Å². The Labute approximate surface area is 105 Å². The van der Waals surface area contributed by atoms with Gasteiger partial charge in [0.05, 0.1) is 11.2 Å². The summed E-state index contributed by atoms with van der Waals surface area (Å²) < 4.78 is 0. The average Bonchev–Trinajstić information content (AvgIpc) is 2.46. The van der Waals surface area contributed by atoms with Crippen molar-refractivity contribution >= 4 is 0 Å². The van der Waals surface area contributed by atoms with Gasteiger partial charge in [0.2, 0.25) is 0 Å². The van der Waals surface area contributed by atoms with Crippen LogP contribution in [0.1, 0.15) is 53.9 Å². The molecule has 98 valence electrons. The molecule has 2 aliphatic carbocycles. The standard InChI is InChI=1S/C15H26O2/c1-12(2,16)8-9-15(17)10-11-6-7-14(15,5)13(11,3)4/h8-9,11,16-17H,6-7,10H2,1-5H3/b9-8-/t11-,14-,15-/m1/s1. The molecule has 17 heavy (non-hydrogen) atoms. The Morgan fingerprint density at radius 3 is 2.18 bits per heavy atom. The summed E-state index contributed by atoms with van der Waals surface area (Å²) in [6.07, 6.45) is 6.74. The van der Waals surface area contributed by atoms with E-state index in [2.05, 4.69) is 20.8 Å². The van der Waals surface area contributed by atoms with Gasteiger partial charge < -0.3 is 10.2 Å². The highest BCUT2D eigenvalue weighted by Gasteiger charge is 2.67. The minimum atomic E-state index is -0.849. The fourth-order valence-electron chi connectivity index (χ4n) is 3.92. The summed E-state index contributed by atoms with van der Waals surface area (Å²) >= 11 is 0. The second-order valence-electron chi connectivity index (χ2n) is 7.40. The third-order valence-corrected chi connectivity index (χ3v) is 5.72. The zero-order chi connectivity index (χ0) is 13.1. The molecule has 0 amide bonds. The van der Waals surface area contributed by atoms with Crippen molar-refractivity contribution < 1.29 is 10.2 Å². The molecule has 2 N–H and O–H groups in total. The van der Waals surface area contributed by atoms with Gasteiger partial charge >= 0.3 is 0 Å². The Bertz CT molecular complexity index is 350. The molecule has 0 aromatic heterocycles. The summed E-state index contributed by atoms with van der Waals surface area (Å²) in [5, 5.41) is 20.7. The van der Waals surface area contributed by atoms with E-state index >= 15 is 0 Å². The summed E-state index contributed by atoms with van der Waals surface area (Å²) in [4.78, 5) is 0.